The normalized spacial score (nSPS) is 16.0. The number of fused-ring (bicyclic) bond motifs is 4. The summed E-state index contributed by atoms with van der Waals surface area (Å²) in [5.74, 6) is 0.720. The summed E-state index contributed by atoms with van der Waals surface area (Å²) in [5, 5.41) is 6.13. The standard InChI is InChI=1S/C20H24N6O2.2CHF3O3S.Pb/c1-26-20-7-3-6-18(25-20)15-22-9-11-28-13-12-27-10-8-21-14-17-4-2-5-19(24-17)16-23-26;2*2-1(3,4)8(5,6)7;/h2-7,14-16H,8-13H2,1H3;2*(H,5,6,7);/q;;;+2/p-2/b21-14?,22-15?,23-16+;;;. The summed E-state index contributed by atoms with van der Waals surface area (Å²) >= 11 is 0. The Labute approximate surface area is 273 Å². The predicted octanol–water partition coefficient (Wildman–Crippen LogP) is 1.55. The Morgan fingerprint density at radius 1 is 0.689 bits per heavy atom. The number of pyridine rings is 2. The minimum absolute atomic E-state index is 0. The maximum Gasteiger partial charge on any atom is 2.00 e. The van der Waals surface area contributed by atoms with E-state index >= 15 is 0 Å². The number of anilines is 1. The van der Waals surface area contributed by atoms with Gasteiger partial charge < -0.3 is 18.6 Å². The molecule has 0 spiro atoms. The van der Waals surface area contributed by atoms with Gasteiger partial charge in [0.25, 0.3) is 0 Å². The van der Waals surface area contributed by atoms with E-state index in [-0.39, 0.29) is 27.3 Å². The van der Waals surface area contributed by atoms with Crippen molar-refractivity contribution in [1.29, 1.82) is 0 Å². The van der Waals surface area contributed by atoms with Gasteiger partial charge in [-0.3, -0.25) is 15.0 Å². The number of hydrogen-bond donors (Lipinski definition) is 0. The van der Waals surface area contributed by atoms with E-state index in [9.17, 15) is 26.3 Å². The first-order chi connectivity index (χ1) is 20.3. The number of ether oxygens (including phenoxy) is 2. The van der Waals surface area contributed by atoms with Gasteiger partial charge in [-0.15, -0.1) is 0 Å². The molecule has 23 heteroatoms. The van der Waals surface area contributed by atoms with Crippen LogP contribution in [0.2, 0.25) is 0 Å². The van der Waals surface area contributed by atoms with Crippen molar-refractivity contribution in [3.05, 3.63) is 53.5 Å². The van der Waals surface area contributed by atoms with Gasteiger partial charge in [0.15, 0.2) is 20.2 Å². The quantitative estimate of drug-likeness (QED) is 0.161. The minimum atomic E-state index is -6.09. The van der Waals surface area contributed by atoms with Crippen LogP contribution in [0.5, 0.6) is 0 Å². The zero-order valence-electron chi connectivity index (χ0n) is 23.0. The Hall–Kier alpha value is -2.65. The molecule has 14 nitrogen and oxygen atoms in total. The third-order valence-corrected chi connectivity index (χ3v) is 5.49. The molecule has 2 aromatic heterocycles. The zero-order valence-corrected chi connectivity index (χ0v) is 28.5. The smallest absolute Gasteiger partial charge is 0.741 e. The van der Waals surface area contributed by atoms with Gasteiger partial charge in [0.05, 0.1) is 62.8 Å². The molecule has 1 aliphatic heterocycles. The van der Waals surface area contributed by atoms with E-state index in [0.717, 1.165) is 22.9 Å². The molecule has 0 amide bonds. The van der Waals surface area contributed by atoms with Crippen LogP contribution >= 0.6 is 0 Å². The molecule has 0 unspecified atom stereocenters. The first kappa shape index (κ1) is 42.4. The third-order valence-electron chi connectivity index (χ3n) is 4.36. The Morgan fingerprint density at radius 2 is 1.07 bits per heavy atom. The van der Waals surface area contributed by atoms with E-state index in [1.807, 2.05) is 43.4 Å². The summed E-state index contributed by atoms with van der Waals surface area (Å²) in [6.45, 7) is 3.33. The van der Waals surface area contributed by atoms with E-state index in [0.29, 0.717) is 39.5 Å². The monoisotopic (exact) mass is 886 g/mol. The van der Waals surface area contributed by atoms with Crippen molar-refractivity contribution in [3.8, 4) is 0 Å². The maximum atomic E-state index is 10.7. The molecule has 0 fully saturated rings. The van der Waals surface area contributed by atoms with Gasteiger partial charge in [0.1, 0.15) is 5.82 Å². The van der Waals surface area contributed by atoms with E-state index in [4.69, 9.17) is 35.4 Å². The second-order valence-corrected chi connectivity index (χ2v) is 10.5. The van der Waals surface area contributed by atoms with Gasteiger partial charge >= 0.3 is 38.3 Å². The van der Waals surface area contributed by atoms with Crippen molar-refractivity contribution in [2.45, 2.75) is 11.0 Å². The zero-order chi connectivity index (χ0) is 33.4. The van der Waals surface area contributed by atoms with Gasteiger partial charge in [-0.2, -0.15) is 31.4 Å². The number of alkyl halides is 6. The molecular weight excluding hydrogens is 862 g/mol. The molecule has 0 aliphatic carbocycles. The van der Waals surface area contributed by atoms with Crippen LogP contribution in [0.25, 0.3) is 0 Å². The van der Waals surface area contributed by atoms with Gasteiger partial charge in [-0.05, 0) is 24.3 Å². The molecule has 45 heavy (non-hydrogen) atoms. The molecule has 3 rings (SSSR count). The van der Waals surface area contributed by atoms with E-state index in [1.165, 1.54) is 0 Å². The average Bonchev–Trinajstić information content (AvgIpc) is 2.91. The Morgan fingerprint density at radius 3 is 1.49 bits per heavy atom. The van der Waals surface area contributed by atoms with Crippen molar-refractivity contribution in [3.63, 3.8) is 0 Å². The van der Waals surface area contributed by atoms with Crippen LogP contribution in [0.4, 0.5) is 32.2 Å². The van der Waals surface area contributed by atoms with Crippen molar-refractivity contribution < 1.29 is 61.8 Å². The molecule has 0 atom stereocenters. The minimum Gasteiger partial charge on any atom is -0.741 e. The number of halogens is 6. The number of hydrogen-bond acceptors (Lipinski definition) is 14. The van der Waals surface area contributed by atoms with Gasteiger partial charge in [0.2, 0.25) is 0 Å². The first-order valence-electron chi connectivity index (χ1n) is 11.7. The van der Waals surface area contributed by atoms with Crippen molar-refractivity contribution >= 4 is 72.0 Å². The summed E-state index contributed by atoms with van der Waals surface area (Å²) in [4.78, 5) is 17.8. The number of aromatic nitrogens is 2. The molecule has 1 aliphatic rings. The second kappa shape index (κ2) is 19.8. The fraction of sp³-hybridized carbons (Fsp3) is 0.409. The van der Waals surface area contributed by atoms with E-state index in [2.05, 4.69) is 25.1 Å². The Kier molecular flexibility index (Phi) is 18.6. The third kappa shape index (κ3) is 18.2. The largest absolute Gasteiger partial charge is 2.00 e. The summed E-state index contributed by atoms with van der Waals surface area (Å²) in [5.41, 5.74) is -9.00. The van der Waals surface area contributed by atoms with Gasteiger partial charge in [-0.1, -0.05) is 12.1 Å². The molecule has 0 N–H and O–H groups in total. The molecule has 0 saturated heterocycles. The fourth-order valence-corrected chi connectivity index (χ4v) is 2.38. The second-order valence-electron chi connectivity index (χ2n) is 7.77. The van der Waals surface area contributed by atoms with Crippen molar-refractivity contribution in [1.82, 2.24) is 9.97 Å². The van der Waals surface area contributed by atoms with Gasteiger partial charge in [-0.25, -0.2) is 26.8 Å². The predicted molar refractivity (Wildman–Crippen MR) is 148 cm³/mol. The maximum absolute atomic E-state index is 10.7. The number of hydrazone groups is 1. The summed E-state index contributed by atoms with van der Waals surface area (Å²) in [7, 11) is -10.3. The van der Waals surface area contributed by atoms with Crippen LogP contribution in [0.3, 0.4) is 0 Å². The number of rotatable bonds is 0. The topological polar surface area (TPSA) is 199 Å². The summed E-state index contributed by atoms with van der Waals surface area (Å²) < 4.78 is 129. The average molecular weight is 886 g/mol. The fourth-order valence-electron chi connectivity index (χ4n) is 2.38. The molecule has 0 saturated carbocycles. The number of nitrogens with zero attached hydrogens (tertiary/aromatic N) is 6. The number of aliphatic imine (C=N–C) groups is 2. The Balaban J connectivity index is 0.000000943. The molecule has 3 heterocycles. The van der Waals surface area contributed by atoms with E-state index < -0.39 is 31.3 Å². The molecule has 2 radical (unpaired) electrons. The van der Waals surface area contributed by atoms with Crippen molar-refractivity contribution in [2.24, 2.45) is 15.1 Å². The SMILES string of the molecule is CN1/N=C/c2cccc(n2)C=NCCOCCOCCN=Cc2cccc1n2.O=S(=O)([O-])C(F)(F)F.O=S(=O)([O-])C(F)(F)F.[Pb+2]. The molecule has 0 aromatic carbocycles. The molecule has 248 valence electrons. The molecule has 2 aromatic rings. The van der Waals surface area contributed by atoms with Crippen molar-refractivity contribution in [2.75, 3.05) is 51.6 Å². The van der Waals surface area contributed by atoms with E-state index in [1.54, 1.807) is 23.7 Å². The summed E-state index contributed by atoms with van der Waals surface area (Å²) in [6.07, 6.45) is 5.18. The Bertz CT molecular complexity index is 1450. The van der Waals surface area contributed by atoms with Crippen LogP contribution in [0.15, 0.2) is 51.5 Å². The van der Waals surface area contributed by atoms with Crippen LogP contribution in [0, 0.1) is 0 Å². The van der Waals surface area contributed by atoms with Crippen LogP contribution in [-0.4, -0.2) is 139 Å². The summed E-state index contributed by atoms with van der Waals surface area (Å²) in [6, 6.07) is 11.4. The van der Waals surface area contributed by atoms with Gasteiger partial charge in [0, 0.05) is 19.5 Å². The van der Waals surface area contributed by atoms with Crippen LogP contribution in [0.1, 0.15) is 17.1 Å². The van der Waals surface area contributed by atoms with Crippen LogP contribution < -0.4 is 5.01 Å². The van der Waals surface area contributed by atoms with Crippen LogP contribution in [-0.2, 0) is 29.7 Å². The molecular formula is C22H24F6N6O8PbS2. The molecule has 4 bridgehead atoms. The first-order valence-corrected chi connectivity index (χ1v) is 14.5.